The molecular formula is C31H33N3O4S2. The number of nitrogens with one attached hydrogen (secondary N) is 2. The fourth-order valence-corrected chi connectivity index (χ4v) is 7.39. The van der Waals surface area contributed by atoms with Gasteiger partial charge >= 0.3 is 5.97 Å². The fraction of sp³-hybridized carbons (Fsp3) is 0.323. The molecule has 1 atom stereocenters. The third kappa shape index (κ3) is 5.81. The van der Waals surface area contributed by atoms with Crippen LogP contribution in [-0.4, -0.2) is 40.8 Å². The number of rotatable bonds is 10. The van der Waals surface area contributed by atoms with Gasteiger partial charge in [0.15, 0.2) is 0 Å². The number of aromatic nitrogens is 1. The van der Waals surface area contributed by atoms with E-state index in [1.807, 2.05) is 68.6 Å². The van der Waals surface area contributed by atoms with Crippen molar-refractivity contribution in [3.63, 3.8) is 0 Å². The highest BCUT2D eigenvalue weighted by Gasteiger charge is 2.29. The van der Waals surface area contributed by atoms with Crippen LogP contribution in [0.3, 0.4) is 0 Å². The van der Waals surface area contributed by atoms with E-state index in [-0.39, 0.29) is 17.8 Å². The summed E-state index contributed by atoms with van der Waals surface area (Å²) in [5.74, 6) is -0.607. The molecule has 4 aromatic rings. The van der Waals surface area contributed by atoms with Crippen LogP contribution in [0, 0.1) is 6.92 Å². The Balaban J connectivity index is 1.28. The lowest BCUT2D eigenvalue weighted by Crippen LogP contribution is -2.27. The molecule has 2 aromatic heterocycles. The normalized spacial score (nSPS) is 13.2. The van der Waals surface area contributed by atoms with Gasteiger partial charge in [-0.15, -0.1) is 23.1 Å². The average Bonchev–Trinajstić information content (AvgIpc) is 3.62. The first-order chi connectivity index (χ1) is 19.4. The smallest absolute Gasteiger partial charge is 0.341 e. The summed E-state index contributed by atoms with van der Waals surface area (Å²) in [4.78, 5) is 40.8. The molecule has 0 bridgehead atoms. The first-order valence-electron chi connectivity index (χ1n) is 13.6. The average molecular weight is 576 g/mol. The van der Waals surface area contributed by atoms with E-state index in [0.29, 0.717) is 35.8 Å². The molecule has 0 aliphatic heterocycles. The van der Waals surface area contributed by atoms with Crippen LogP contribution in [0.25, 0.3) is 10.9 Å². The second kappa shape index (κ2) is 12.3. The zero-order valence-electron chi connectivity index (χ0n) is 22.9. The number of benzene rings is 2. The van der Waals surface area contributed by atoms with Gasteiger partial charge in [-0.3, -0.25) is 9.59 Å². The van der Waals surface area contributed by atoms with Gasteiger partial charge < -0.3 is 19.9 Å². The van der Waals surface area contributed by atoms with Crippen molar-refractivity contribution in [2.45, 2.75) is 56.7 Å². The summed E-state index contributed by atoms with van der Waals surface area (Å²) < 4.78 is 7.42. The van der Waals surface area contributed by atoms with Gasteiger partial charge in [0.2, 0.25) is 5.91 Å². The molecule has 0 radical (unpaired) electrons. The Kier molecular flexibility index (Phi) is 8.61. The Morgan fingerprint density at radius 1 is 1.10 bits per heavy atom. The third-order valence-electron chi connectivity index (χ3n) is 7.09. The molecule has 1 aliphatic rings. The number of amides is 2. The van der Waals surface area contributed by atoms with E-state index in [1.54, 1.807) is 6.92 Å². The molecule has 7 nitrogen and oxygen atoms in total. The van der Waals surface area contributed by atoms with E-state index in [1.165, 1.54) is 23.1 Å². The minimum Gasteiger partial charge on any atom is -0.462 e. The number of carbonyl (C=O) groups excluding carboxylic acids is 3. The Hall–Kier alpha value is -3.56. The number of aryl methyl sites for hydroxylation is 2. The fourth-order valence-electron chi connectivity index (χ4n) is 5.07. The van der Waals surface area contributed by atoms with Gasteiger partial charge in [0.05, 0.1) is 17.4 Å². The maximum atomic E-state index is 13.3. The SMILES string of the molecule is CCOC(=O)c1c(NC(=O)C(C)Sc2cn(CCNC(=O)c3ccccc3C)c3ccccc23)sc2c1CCC2. The number of thiophene rings is 1. The van der Waals surface area contributed by atoms with E-state index in [2.05, 4.69) is 15.2 Å². The number of thioether (sulfide) groups is 1. The van der Waals surface area contributed by atoms with Crippen LogP contribution in [0.1, 0.15) is 57.0 Å². The van der Waals surface area contributed by atoms with E-state index < -0.39 is 5.25 Å². The van der Waals surface area contributed by atoms with Gasteiger partial charge in [-0.05, 0) is 63.3 Å². The molecule has 2 heterocycles. The van der Waals surface area contributed by atoms with Gasteiger partial charge in [0, 0.05) is 45.5 Å². The van der Waals surface area contributed by atoms with Crippen LogP contribution in [0.4, 0.5) is 5.00 Å². The zero-order chi connectivity index (χ0) is 28.2. The molecule has 40 heavy (non-hydrogen) atoms. The van der Waals surface area contributed by atoms with Crippen LogP contribution < -0.4 is 10.6 Å². The van der Waals surface area contributed by atoms with Gasteiger partial charge in [-0.1, -0.05) is 36.4 Å². The van der Waals surface area contributed by atoms with Crippen LogP contribution in [0.2, 0.25) is 0 Å². The topological polar surface area (TPSA) is 89.4 Å². The molecule has 0 spiro atoms. The summed E-state index contributed by atoms with van der Waals surface area (Å²) in [5.41, 5.74) is 4.21. The first-order valence-corrected chi connectivity index (χ1v) is 15.3. The van der Waals surface area contributed by atoms with Crippen molar-refractivity contribution < 1.29 is 19.1 Å². The number of fused-ring (bicyclic) bond motifs is 2. The highest BCUT2D eigenvalue weighted by atomic mass is 32.2. The van der Waals surface area contributed by atoms with Crippen molar-refractivity contribution in [2.24, 2.45) is 0 Å². The van der Waals surface area contributed by atoms with Crippen LogP contribution >= 0.6 is 23.1 Å². The highest BCUT2D eigenvalue weighted by Crippen LogP contribution is 2.40. The van der Waals surface area contributed by atoms with Crippen LogP contribution in [0.5, 0.6) is 0 Å². The Labute approximate surface area is 242 Å². The monoisotopic (exact) mass is 575 g/mol. The Morgan fingerprint density at radius 3 is 2.67 bits per heavy atom. The van der Waals surface area contributed by atoms with Crippen molar-refractivity contribution in [3.05, 3.63) is 81.9 Å². The molecule has 0 saturated carbocycles. The minimum atomic E-state index is -0.396. The molecule has 9 heteroatoms. The highest BCUT2D eigenvalue weighted by molar-refractivity contribution is 8.00. The standard InChI is InChI=1S/C31H33N3O4S2/c1-4-38-31(37)27-23-13-9-15-25(23)40-30(27)33-28(35)20(3)39-26-18-34(24-14-8-7-12-22(24)26)17-16-32-29(36)21-11-6-5-10-19(21)2/h5-8,10-12,14,18,20H,4,9,13,15-17H2,1-3H3,(H,32,36)(H,33,35). The molecular weight excluding hydrogens is 542 g/mol. The van der Waals surface area contributed by atoms with Crippen molar-refractivity contribution >= 4 is 56.8 Å². The number of hydrogen-bond acceptors (Lipinski definition) is 6. The molecule has 1 aliphatic carbocycles. The van der Waals surface area contributed by atoms with Crippen LogP contribution in [0.15, 0.2) is 59.6 Å². The van der Waals surface area contributed by atoms with E-state index in [0.717, 1.165) is 51.1 Å². The number of nitrogens with zero attached hydrogens (tertiary/aromatic N) is 1. The molecule has 1 unspecified atom stereocenters. The lowest BCUT2D eigenvalue weighted by molar-refractivity contribution is -0.115. The summed E-state index contributed by atoms with van der Waals surface area (Å²) in [6.45, 7) is 6.96. The van der Waals surface area contributed by atoms with Gasteiger partial charge in [-0.2, -0.15) is 0 Å². The third-order valence-corrected chi connectivity index (χ3v) is 9.44. The first kappa shape index (κ1) is 28.0. The lowest BCUT2D eigenvalue weighted by atomic mass is 10.1. The Morgan fingerprint density at radius 2 is 1.88 bits per heavy atom. The Bertz CT molecular complexity index is 1570. The number of anilines is 1. The van der Waals surface area contributed by atoms with Gasteiger partial charge in [-0.25, -0.2) is 4.79 Å². The number of ether oxygens (including phenoxy) is 1. The van der Waals surface area contributed by atoms with E-state index in [9.17, 15) is 14.4 Å². The minimum absolute atomic E-state index is 0.0869. The quantitative estimate of drug-likeness (QED) is 0.173. The predicted octanol–water partition coefficient (Wildman–Crippen LogP) is 6.23. The second-order valence-electron chi connectivity index (χ2n) is 9.81. The van der Waals surface area contributed by atoms with Crippen molar-refractivity contribution in [2.75, 3.05) is 18.5 Å². The van der Waals surface area contributed by atoms with Crippen molar-refractivity contribution in [3.8, 4) is 0 Å². The molecule has 2 amide bonds. The number of hydrogen-bond donors (Lipinski definition) is 2. The molecule has 208 valence electrons. The molecule has 5 rings (SSSR count). The second-order valence-corrected chi connectivity index (χ2v) is 12.3. The molecule has 0 saturated heterocycles. The maximum Gasteiger partial charge on any atom is 0.341 e. The summed E-state index contributed by atoms with van der Waals surface area (Å²) >= 11 is 2.97. The largest absolute Gasteiger partial charge is 0.462 e. The lowest BCUT2D eigenvalue weighted by Gasteiger charge is -2.12. The van der Waals surface area contributed by atoms with Crippen LogP contribution in [-0.2, 0) is 28.9 Å². The van der Waals surface area contributed by atoms with E-state index in [4.69, 9.17) is 4.74 Å². The summed E-state index contributed by atoms with van der Waals surface area (Å²) in [5, 5.41) is 7.29. The maximum absolute atomic E-state index is 13.3. The van der Waals surface area contributed by atoms with Crippen molar-refractivity contribution in [1.29, 1.82) is 0 Å². The van der Waals surface area contributed by atoms with Crippen molar-refractivity contribution in [1.82, 2.24) is 9.88 Å². The van der Waals surface area contributed by atoms with Gasteiger partial charge in [0.25, 0.3) is 5.91 Å². The summed E-state index contributed by atoms with van der Waals surface area (Å²) in [6, 6.07) is 15.6. The number of esters is 1. The summed E-state index contributed by atoms with van der Waals surface area (Å²) in [7, 11) is 0. The molecule has 2 aromatic carbocycles. The van der Waals surface area contributed by atoms with Gasteiger partial charge in [0.1, 0.15) is 5.00 Å². The number of para-hydroxylation sites is 1. The number of carbonyl (C=O) groups is 3. The zero-order valence-corrected chi connectivity index (χ0v) is 24.5. The molecule has 2 N–H and O–H groups in total. The summed E-state index contributed by atoms with van der Waals surface area (Å²) in [6.07, 6.45) is 4.83. The molecule has 0 fully saturated rings. The van der Waals surface area contributed by atoms with E-state index >= 15 is 0 Å². The predicted molar refractivity (Wildman–Crippen MR) is 162 cm³/mol.